The van der Waals surface area contributed by atoms with Crippen LogP contribution in [-0.4, -0.2) is 9.97 Å². The van der Waals surface area contributed by atoms with Crippen molar-refractivity contribution < 1.29 is 13.2 Å². The molecule has 112 valence electrons. The number of hydrogen-bond donors (Lipinski definition) is 1. The number of H-pyrrole nitrogens is 1. The van der Waals surface area contributed by atoms with Crippen molar-refractivity contribution in [2.75, 3.05) is 0 Å². The van der Waals surface area contributed by atoms with Crippen molar-refractivity contribution in [3.05, 3.63) is 57.0 Å². The molecule has 2 rings (SSSR count). The van der Waals surface area contributed by atoms with Gasteiger partial charge in [0.05, 0.1) is 5.56 Å². The van der Waals surface area contributed by atoms with Gasteiger partial charge in [-0.1, -0.05) is 30.0 Å². The molecule has 0 saturated heterocycles. The highest BCUT2D eigenvalue weighted by Crippen LogP contribution is 2.30. The fourth-order valence-corrected chi connectivity index (χ4v) is 2.53. The van der Waals surface area contributed by atoms with E-state index < -0.39 is 11.7 Å². The number of nitrogens with one attached hydrogen (secondary N) is 1. The number of aryl methyl sites for hydroxylation is 1. The summed E-state index contributed by atoms with van der Waals surface area (Å²) in [5, 5.41) is 0.403. The first-order valence-electron chi connectivity index (χ1n) is 6.14. The molecule has 0 fully saturated rings. The molecule has 0 atom stereocenters. The molecule has 0 bridgehead atoms. The van der Waals surface area contributed by atoms with Crippen molar-refractivity contribution in [1.29, 1.82) is 0 Å². The van der Waals surface area contributed by atoms with Crippen molar-refractivity contribution >= 4 is 11.8 Å². The van der Waals surface area contributed by atoms with Gasteiger partial charge in [0.2, 0.25) is 0 Å². The number of alkyl halides is 3. The molecule has 1 aromatic heterocycles. The summed E-state index contributed by atoms with van der Waals surface area (Å²) in [5.41, 5.74) is 0.774. The molecule has 21 heavy (non-hydrogen) atoms. The van der Waals surface area contributed by atoms with Gasteiger partial charge in [0.25, 0.3) is 5.56 Å². The van der Waals surface area contributed by atoms with Crippen LogP contribution in [0, 0.1) is 13.8 Å². The van der Waals surface area contributed by atoms with E-state index in [1.807, 2.05) is 0 Å². The number of rotatable bonds is 3. The highest BCUT2D eigenvalue weighted by molar-refractivity contribution is 7.98. The number of aromatic amines is 1. The molecule has 0 saturated carbocycles. The lowest BCUT2D eigenvalue weighted by molar-refractivity contribution is -0.137. The Morgan fingerprint density at radius 3 is 2.62 bits per heavy atom. The van der Waals surface area contributed by atoms with Crippen LogP contribution < -0.4 is 5.56 Å². The van der Waals surface area contributed by atoms with Gasteiger partial charge in [-0.3, -0.25) is 4.79 Å². The lowest BCUT2D eigenvalue weighted by Crippen LogP contribution is -2.14. The van der Waals surface area contributed by atoms with E-state index in [0.717, 1.165) is 12.1 Å². The Hall–Kier alpha value is -1.76. The average Bonchev–Trinajstić information content (AvgIpc) is 2.42. The minimum absolute atomic E-state index is 0.228. The lowest BCUT2D eigenvalue weighted by Gasteiger charge is -2.08. The van der Waals surface area contributed by atoms with Crippen LogP contribution in [0.3, 0.4) is 0 Å². The van der Waals surface area contributed by atoms with Gasteiger partial charge in [0.1, 0.15) is 0 Å². The van der Waals surface area contributed by atoms with E-state index in [1.165, 1.54) is 17.8 Å². The van der Waals surface area contributed by atoms with Crippen LogP contribution in [0.4, 0.5) is 13.2 Å². The summed E-state index contributed by atoms with van der Waals surface area (Å²) in [6, 6.07) is 5.12. The van der Waals surface area contributed by atoms with E-state index in [-0.39, 0.29) is 5.56 Å². The topological polar surface area (TPSA) is 45.8 Å². The first-order valence-corrected chi connectivity index (χ1v) is 7.12. The van der Waals surface area contributed by atoms with Crippen LogP contribution in [0.2, 0.25) is 0 Å². The lowest BCUT2D eigenvalue weighted by atomic mass is 10.1. The largest absolute Gasteiger partial charge is 0.416 e. The number of aromatic nitrogens is 2. The summed E-state index contributed by atoms with van der Waals surface area (Å²) in [5.74, 6) is 0.301. The third-order valence-electron chi connectivity index (χ3n) is 3.00. The highest BCUT2D eigenvalue weighted by Gasteiger charge is 2.30. The SMILES string of the molecule is Cc1nc(SCc2cccc(C(F)(F)F)c2)[nH]c(=O)c1C. The van der Waals surface area contributed by atoms with Gasteiger partial charge >= 0.3 is 6.18 Å². The van der Waals surface area contributed by atoms with Crippen LogP contribution in [0.25, 0.3) is 0 Å². The summed E-state index contributed by atoms with van der Waals surface area (Å²) in [6.45, 7) is 3.39. The molecule has 1 heterocycles. The van der Waals surface area contributed by atoms with Gasteiger partial charge in [0, 0.05) is 17.0 Å². The van der Waals surface area contributed by atoms with Crippen LogP contribution in [-0.2, 0) is 11.9 Å². The zero-order valence-electron chi connectivity index (χ0n) is 11.4. The standard InChI is InChI=1S/C14H13F3N2OS/c1-8-9(2)18-13(19-12(8)20)21-7-10-4-3-5-11(6-10)14(15,16)17/h3-6H,7H2,1-2H3,(H,18,19,20). The fraction of sp³-hybridized carbons (Fsp3) is 0.286. The van der Waals surface area contributed by atoms with Gasteiger partial charge in [-0.05, 0) is 25.5 Å². The van der Waals surface area contributed by atoms with Crippen molar-refractivity contribution in [2.45, 2.75) is 30.9 Å². The zero-order valence-corrected chi connectivity index (χ0v) is 12.2. The van der Waals surface area contributed by atoms with Gasteiger partial charge in [0.15, 0.2) is 5.16 Å². The summed E-state index contributed by atoms with van der Waals surface area (Å²) in [7, 11) is 0. The van der Waals surface area contributed by atoms with Crippen molar-refractivity contribution in [2.24, 2.45) is 0 Å². The third kappa shape index (κ3) is 3.87. The van der Waals surface area contributed by atoms with E-state index in [0.29, 0.717) is 27.7 Å². The van der Waals surface area contributed by atoms with Crippen molar-refractivity contribution in [3.8, 4) is 0 Å². The Morgan fingerprint density at radius 1 is 1.29 bits per heavy atom. The Kier molecular flexibility index (Phi) is 4.41. The van der Waals surface area contributed by atoms with Crippen LogP contribution in [0.15, 0.2) is 34.2 Å². The Bertz CT molecular complexity index is 710. The quantitative estimate of drug-likeness (QED) is 0.694. The van der Waals surface area contributed by atoms with Crippen molar-refractivity contribution in [3.63, 3.8) is 0 Å². The first kappa shape index (κ1) is 15.6. The maximum absolute atomic E-state index is 12.6. The molecule has 3 nitrogen and oxygen atoms in total. The van der Waals surface area contributed by atoms with Gasteiger partial charge in [-0.2, -0.15) is 13.2 Å². The molecule has 1 N–H and O–H groups in total. The third-order valence-corrected chi connectivity index (χ3v) is 3.95. The number of halogens is 3. The minimum atomic E-state index is -4.35. The number of hydrogen-bond acceptors (Lipinski definition) is 3. The normalized spacial score (nSPS) is 11.7. The van der Waals surface area contributed by atoms with E-state index in [1.54, 1.807) is 19.9 Å². The second-order valence-electron chi connectivity index (χ2n) is 4.57. The monoisotopic (exact) mass is 314 g/mol. The van der Waals surface area contributed by atoms with E-state index in [2.05, 4.69) is 9.97 Å². The molecular weight excluding hydrogens is 301 g/mol. The van der Waals surface area contributed by atoms with Crippen LogP contribution in [0.1, 0.15) is 22.4 Å². The smallest absolute Gasteiger partial charge is 0.301 e. The Morgan fingerprint density at radius 2 is 2.00 bits per heavy atom. The average molecular weight is 314 g/mol. The Balaban J connectivity index is 2.15. The van der Waals surface area contributed by atoms with E-state index in [4.69, 9.17) is 0 Å². The van der Waals surface area contributed by atoms with Crippen LogP contribution >= 0.6 is 11.8 Å². The molecule has 7 heteroatoms. The molecule has 2 aromatic rings. The molecule has 0 spiro atoms. The van der Waals surface area contributed by atoms with Gasteiger partial charge in [-0.15, -0.1) is 0 Å². The molecule has 0 aliphatic rings. The summed E-state index contributed by atoms with van der Waals surface area (Å²) < 4.78 is 37.8. The highest BCUT2D eigenvalue weighted by atomic mass is 32.2. The fourth-order valence-electron chi connectivity index (χ4n) is 1.68. The van der Waals surface area contributed by atoms with E-state index in [9.17, 15) is 18.0 Å². The first-order chi connectivity index (χ1) is 9.77. The second-order valence-corrected chi connectivity index (χ2v) is 5.53. The van der Waals surface area contributed by atoms with Gasteiger partial charge in [-0.25, -0.2) is 4.98 Å². The molecule has 0 aliphatic heterocycles. The van der Waals surface area contributed by atoms with Crippen LogP contribution in [0.5, 0.6) is 0 Å². The van der Waals surface area contributed by atoms with Crippen molar-refractivity contribution in [1.82, 2.24) is 9.97 Å². The number of benzene rings is 1. The maximum atomic E-state index is 12.6. The number of thioether (sulfide) groups is 1. The predicted octanol–water partition coefficient (Wildman–Crippen LogP) is 3.70. The second kappa shape index (κ2) is 5.93. The van der Waals surface area contributed by atoms with E-state index >= 15 is 0 Å². The summed E-state index contributed by atoms with van der Waals surface area (Å²) >= 11 is 1.20. The zero-order chi connectivity index (χ0) is 15.6. The molecule has 0 aliphatic carbocycles. The molecule has 0 amide bonds. The minimum Gasteiger partial charge on any atom is -0.301 e. The summed E-state index contributed by atoms with van der Waals surface area (Å²) in [6.07, 6.45) is -4.35. The maximum Gasteiger partial charge on any atom is 0.416 e. The molecule has 0 radical (unpaired) electrons. The summed E-state index contributed by atoms with van der Waals surface area (Å²) in [4.78, 5) is 18.4. The predicted molar refractivity (Wildman–Crippen MR) is 75.3 cm³/mol. The Labute approximate surface area is 123 Å². The molecule has 1 aromatic carbocycles. The molecule has 0 unspecified atom stereocenters. The van der Waals surface area contributed by atoms with Gasteiger partial charge < -0.3 is 4.98 Å². The molecular formula is C14H13F3N2OS. The number of nitrogens with zero attached hydrogens (tertiary/aromatic N) is 1.